The number of sulfonamides is 1. The van der Waals surface area contributed by atoms with Gasteiger partial charge in [-0.15, -0.1) is 24.0 Å². The van der Waals surface area contributed by atoms with Crippen molar-refractivity contribution in [3.8, 4) is 0 Å². The molecule has 0 atom stereocenters. The molecule has 0 bridgehead atoms. The Balaban J connectivity index is 0.00000420. The van der Waals surface area contributed by atoms with Crippen molar-refractivity contribution in [2.45, 2.75) is 50.6 Å². The first-order valence-corrected chi connectivity index (χ1v) is 10.8. The first-order valence-electron chi connectivity index (χ1n) is 9.36. The minimum atomic E-state index is -3.42. The average Bonchev–Trinajstić information content (AvgIpc) is 3.18. The molecule has 0 spiro atoms. The fourth-order valence-corrected chi connectivity index (χ4v) is 3.52. The molecule has 0 aliphatic carbocycles. The summed E-state index contributed by atoms with van der Waals surface area (Å²) < 4.78 is 31.2. The van der Waals surface area contributed by atoms with Gasteiger partial charge in [0.25, 0.3) is 0 Å². The molecule has 0 fully saturated rings. The topological polar surface area (TPSA) is 109 Å². The second-order valence-corrected chi connectivity index (χ2v) is 8.25. The van der Waals surface area contributed by atoms with E-state index in [9.17, 15) is 8.42 Å². The average molecular weight is 535 g/mol. The lowest BCUT2D eigenvalue weighted by atomic mass is 9.99. The largest absolute Gasteiger partial charge is 0.359 e. The number of hydrogen-bond donors (Lipinski definition) is 3. The third-order valence-corrected chi connectivity index (χ3v) is 6.03. The van der Waals surface area contributed by atoms with Crippen LogP contribution in [0.1, 0.15) is 49.6 Å². The summed E-state index contributed by atoms with van der Waals surface area (Å²) in [5, 5.41) is 10.5. The molecule has 1 aromatic carbocycles. The van der Waals surface area contributed by atoms with E-state index in [-0.39, 0.29) is 28.9 Å². The maximum atomic E-state index is 11.8. The number of aromatic nitrogens is 1. The first kappa shape index (κ1) is 25.4. The molecular formula is C19H30IN5O3S. The van der Waals surface area contributed by atoms with Crippen LogP contribution in [0.3, 0.4) is 0 Å². The van der Waals surface area contributed by atoms with Gasteiger partial charge in [-0.05, 0) is 37.6 Å². The van der Waals surface area contributed by atoms with Crippen LogP contribution >= 0.6 is 24.0 Å². The lowest BCUT2D eigenvalue weighted by Gasteiger charge is -2.11. The highest BCUT2D eigenvalue weighted by molar-refractivity contribution is 14.0. The molecule has 0 unspecified atom stereocenters. The molecule has 0 aliphatic rings. The summed E-state index contributed by atoms with van der Waals surface area (Å²) in [6, 6.07) is 8.67. The van der Waals surface area contributed by atoms with Crippen LogP contribution in [0.4, 0.5) is 0 Å². The van der Waals surface area contributed by atoms with E-state index in [0.717, 1.165) is 29.9 Å². The SMILES string of the molecule is CCC(CC)c1cc(CNC(=NC)NCc2ccc(S(=O)(=O)NC)cc2)on1.I. The van der Waals surface area contributed by atoms with E-state index in [0.29, 0.717) is 25.0 Å². The van der Waals surface area contributed by atoms with Crippen LogP contribution < -0.4 is 15.4 Å². The van der Waals surface area contributed by atoms with E-state index in [1.807, 2.05) is 6.07 Å². The highest BCUT2D eigenvalue weighted by atomic mass is 127. The Kier molecular flexibility index (Phi) is 10.6. The summed E-state index contributed by atoms with van der Waals surface area (Å²) >= 11 is 0. The third kappa shape index (κ3) is 7.27. The number of halogens is 1. The molecule has 1 aromatic heterocycles. The van der Waals surface area contributed by atoms with Gasteiger partial charge < -0.3 is 15.2 Å². The molecule has 8 nitrogen and oxygen atoms in total. The van der Waals surface area contributed by atoms with Gasteiger partial charge in [0, 0.05) is 25.6 Å². The van der Waals surface area contributed by atoms with E-state index < -0.39 is 10.0 Å². The van der Waals surface area contributed by atoms with Crippen molar-refractivity contribution in [1.29, 1.82) is 0 Å². The lowest BCUT2D eigenvalue weighted by Crippen LogP contribution is -2.36. The quantitative estimate of drug-likeness (QED) is 0.259. The molecule has 29 heavy (non-hydrogen) atoms. The molecule has 0 radical (unpaired) electrons. The molecule has 1 heterocycles. The van der Waals surface area contributed by atoms with Gasteiger partial charge >= 0.3 is 0 Å². The monoisotopic (exact) mass is 535 g/mol. The fourth-order valence-electron chi connectivity index (χ4n) is 2.79. The highest BCUT2D eigenvalue weighted by Gasteiger charge is 2.13. The van der Waals surface area contributed by atoms with Crippen molar-refractivity contribution in [1.82, 2.24) is 20.5 Å². The smallest absolute Gasteiger partial charge is 0.240 e. The molecule has 10 heteroatoms. The van der Waals surface area contributed by atoms with Crippen LogP contribution in [0.25, 0.3) is 0 Å². The van der Waals surface area contributed by atoms with Crippen LogP contribution in [0.15, 0.2) is 44.7 Å². The van der Waals surface area contributed by atoms with E-state index in [2.05, 4.69) is 39.4 Å². The summed E-state index contributed by atoms with van der Waals surface area (Å²) in [4.78, 5) is 4.42. The van der Waals surface area contributed by atoms with Crippen LogP contribution in [-0.4, -0.2) is 33.6 Å². The second kappa shape index (κ2) is 12.1. The Morgan fingerprint density at radius 2 is 1.76 bits per heavy atom. The van der Waals surface area contributed by atoms with Gasteiger partial charge in [-0.1, -0.05) is 31.1 Å². The zero-order valence-corrected chi connectivity index (χ0v) is 20.4. The Bertz CT molecular complexity index is 878. The number of rotatable bonds is 9. The predicted molar refractivity (Wildman–Crippen MR) is 125 cm³/mol. The predicted octanol–water partition coefficient (Wildman–Crippen LogP) is 2.97. The van der Waals surface area contributed by atoms with Crippen molar-refractivity contribution in [3.05, 3.63) is 47.3 Å². The number of hydrogen-bond acceptors (Lipinski definition) is 5. The first-order chi connectivity index (χ1) is 13.4. The van der Waals surface area contributed by atoms with Crippen molar-refractivity contribution in [2.75, 3.05) is 14.1 Å². The van der Waals surface area contributed by atoms with Gasteiger partial charge in [-0.2, -0.15) is 0 Å². The van der Waals surface area contributed by atoms with Crippen molar-refractivity contribution in [2.24, 2.45) is 4.99 Å². The van der Waals surface area contributed by atoms with Gasteiger partial charge in [-0.25, -0.2) is 13.1 Å². The summed E-state index contributed by atoms with van der Waals surface area (Å²) in [6.07, 6.45) is 2.07. The Morgan fingerprint density at radius 1 is 1.14 bits per heavy atom. The molecule has 0 saturated heterocycles. The molecule has 3 N–H and O–H groups in total. The summed E-state index contributed by atoms with van der Waals surface area (Å²) in [6.45, 7) is 5.28. The second-order valence-electron chi connectivity index (χ2n) is 6.36. The molecule has 2 aromatic rings. The van der Waals surface area contributed by atoms with Crippen molar-refractivity contribution >= 4 is 40.0 Å². The maximum absolute atomic E-state index is 11.8. The minimum absolute atomic E-state index is 0. The van der Waals surface area contributed by atoms with Crippen LogP contribution in [0, 0.1) is 0 Å². The fraction of sp³-hybridized carbons (Fsp3) is 0.474. The molecule has 162 valence electrons. The van der Waals surface area contributed by atoms with E-state index in [1.54, 1.807) is 31.3 Å². The van der Waals surface area contributed by atoms with Gasteiger partial charge in [0.05, 0.1) is 17.1 Å². The zero-order valence-electron chi connectivity index (χ0n) is 17.2. The van der Waals surface area contributed by atoms with Crippen molar-refractivity contribution in [3.63, 3.8) is 0 Å². The summed E-state index contributed by atoms with van der Waals surface area (Å²) in [5.41, 5.74) is 1.93. The number of nitrogens with zero attached hydrogens (tertiary/aromatic N) is 2. The Labute approximate surface area is 190 Å². The van der Waals surface area contributed by atoms with Gasteiger partial charge in [0.15, 0.2) is 11.7 Å². The summed E-state index contributed by atoms with van der Waals surface area (Å²) in [5.74, 6) is 1.79. The molecule has 0 amide bonds. The summed E-state index contributed by atoms with van der Waals surface area (Å²) in [7, 11) is -0.341. The molecule has 0 saturated carbocycles. The van der Waals surface area contributed by atoms with Gasteiger partial charge in [0.2, 0.25) is 10.0 Å². The van der Waals surface area contributed by atoms with Gasteiger partial charge in [-0.3, -0.25) is 4.99 Å². The Morgan fingerprint density at radius 3 is 2.31 bits per heavy atom. The van der Waals surface area contributed by atoms with Crippen LogP contribution in [-0.2, 0) is 23.1 Å². The molecule has 2 rings (SSSR count). The van der Waals surface area contributed by atoms with E-state index >= 15 is 0 Å². The Hall–Kier alpha value is -1.66. The zero-order chi connectivity index (χ0) is 20.6. The normalized spacial score (nSPS) is 12.0. The highest BCUT2D eigenvalue weighted by Crippen LogP contribution is 2.22. The van der Waals surface area contributed by atoms with E-state index in [4.69, 9.17) is 4.52 Å². The third-order valence-electron chi connectivity index (χ3n) is 4.60. The number of guanidine groups is 1. The number of nitrogens with one attached hydrogen (secondary N) is 3. The number of aliphatic imine (C=N–C) groups is 1. The van der Waals surface area contributed by atoms with E-state index in [1.165, 1.54) is 7.05 Å². The number of benzene rings is 1. The maximum Gasteiger partial charge on any atom is 0.240 e. The standard InChI is InChI=1S/C19H29N5O3S.HI/c1-5-15(6-2)18-11-16(27-24-18)13-23-19(20-3)22-12-14-7-9-17(10-8-14)28(25,26)21-4;/h7-11,15,21H,5-6,12-13H2,1-4H3,(H2,20,22,23);1H. The van der Waals surface area contributed by atoms with Gasteiger partial charge in [0.1, 0.15) is 0 Å². The van der Waals surface area contributed by atoms with Crippen molar-refractivity contribution < 1.29 is 12.9 Å². The lowest BCUT2D eigenvalue weighted by molar-refractivity contribution is 0.368. The minimum Gasteiger partial charge on any atom is -0.359 e. The van der Waals surface area contributed by atoms with Crippen LogP contribution in [0.5, 0.6) is 0 Å². The van der Waals surface area contributed by atoms with Crippen LogP contribution in [0.2, 0.25) is 0 Å². The molecular weight excluding hydrogens is 505 g/mol. The molecule has 0 aliphatic heterocycles.